The molecule has 25 heavy (non-hydrogen) atoms. The van der Waals surface area contributed by atoms with Crippen LogP contribution in [0.25, 0.3) is 11.1 Å². The topological polar surface area (TPSA) is 40.5 Å². The normalized spacial score (nSPS) is 14.1. The Hall–Kier alpha value is -1.71. The van der Waals surface area contributed by atoms with Gasteiger partial charge in [-0.25, -0.2) is 0 Å². The minimum Gasteiger partial charge on any atom is -0.443 e. The summed E-state index contributed by atoms with van der Waals surface area (Å²) in [5.41, 5.74) is 7.47. The standard InChI is InChI=1S/C19H12B2Cl2O2/c22-18-8-16-17(9-19(18)23)21(25)15-7-13-11(6-14(15)20(16)24)5-10-3-1-2-4-12(10)13/h1-4,6-9,24-25H,5H2. The number of hydrogen-bond acceptors (Lipinski definition) is 2. The van der Waals surface area contributed by atoms with Crippen molar-refractivity contribution in [1.82, 2.24) is 0 Å². The number of halogens is 2. The molecule has 0 spiro atoms. The summed E-state index contributed by atoms with van der Waals surface area (Å²) in [7, 11) is 0. The van der Waals surface area contributed by atoms with Crippen LogP contribution in [-0.4, -0.2) is 23.9 Å². The lowest BCUT2D eigenvalue weighted by atomic mass is 9.36. The molecule has 1 aliphatic carbocycles. The number of fused-ring (bicyclic) bond motifs is 5. The molecule has 0 unspecified atom stereocenters. The first-order valence-electron chi connectivity index (χ1n) is 8.14. The predicted molar refractivity (Wildman–Crippen MR) is 106 cm³/mol. The van der Waals surface area contributed by atoms with E-state index in [1.807, 2.05) is 24.3 Å². The molecule has 120 valence electrons. The molecule has 2 nitrogen and oxygen atoms in total. The molecule has 0 bridgehead atoms. The quantitative estimate of drug-likeness (QED) is 0.458. The van der Waals surface area contributed by atoms with Crippen molar-refractivity contribution in [3.8, 4) is 11.1 Å². The average molecular weight is 365 g/mol. The fourth-order valence-corrected chi connectivity index (χ4v) is 4.42. The maximum atomic E-state index is 10.9. The lowest BCUT2D eigenvalue weighted by Gasteiger charge is -2.26. The van der Waals surface area contributed by atoms with Gasteiger partial charge < -0.3 is 10.0 Å². The van der Waals surface area contributed by atoms with Crippen molar-refractivity contribution in [2.24, 2.45) is 0 Å². The van der Waals surface area contributed by atoms with E-state index in [9.17, 15) is 10.0 Å². The molecule has 2 N–H and O–H groups in total. The van der Waals surface area contributed by atoms with E-state index in [1.54, 1.807) is 12.1 Å². The number of hydrogen-bond donors (Lipinski definition) is 2. The van der Waals surface area contributed by atoms with Crippen LogP contribution >= 0.6 is 23.2 Å². The molecule has 2 aliphatic rings. The maximum absolute atomic E-state index is 10.9. The first-order valence-corrected chi connectivity index (χ1v) is 8.90. The van der Waals surface area contributed by atoms with Gasteiger partial charge in [0.15, 0.2) is 0 Å². The van der Waals surface area contributed by atoms with Gasteiger partial charge in [0, 0.05) is 0 Å². The molecule has 0 amide bonds. The van der Waals surface area contributed by atoms with Crippen LogP contribution in [0.4, 0.5) is 0 Å². The molecule has 0 atom stereocenters. The average Bonchev–Trinajstić information content (AvgIpc) is 2.98. The first-order chi connectivity index (χ1) is 12.0. The van der Waals surface area contributed by atoms with Crippen LogP contribution in [0.3, 0.4) is 0 Å². The van der Waals surface area contributed by atoms with E-state index in [0.717, 1.165) is 22.9 Å². The molecule has 6 heteroatoms. The third-order valence-corrected chi connectivity index (χ3v) is 6.02. The summed E-state index contributed by atoms with van der Waals surface area (Å²) >= 11 is 12.2. The highest BCUT2D eigenvalue weighted by molar-refractivity contribution is 6.97. The molecule has 0 saturated heterocycles. The fourth-order valence-electron chi connectivity index (χ4n) is 4.08. The Labute approximate surface area is 156 Å². The molecule has 5 rings (SSSR count). The van der Waals surface area contributed by atoms with Gasteiger partial charge in [-0.15, -0.1) is 0 Å². The van der Waals surface area contributed by atoms with Crippen molar-refractivity contribution in [3.05, 3.63) is 69.7 Å². The van der Waals surface area contributed by atoms with Gasteiger partial charge >= 0.3 is 13.8 Å². The zero-order valence-corrected chi connectivity index (χ0v) is 14.6. The largest absolute Gasteiger partial charge is 0.443 e. The molecule has 3 aromatic rings. The summed E-state index contributed by atoms with van der Waals surface area (Å²) in [6, 6.07) is 15.6. The van der Waals surface area contributed by atoms with Crippen LogP contribution in [0.2, 0.25) is 10.0 Å². The molecule has 0 fully saturated rings. The third kappa shape index (κ3) is 2.15. The molecular formula is C19H12B2Cl2O2. The summed E-state index contributed by atoms with van der Waals surface area (Å²) < 4.78 is 0. The Morgan fingerprint density at radius 1 is 0.680 bits per heavy atom. The highest BCUT2D eigenvalue weighted by Gasteiger charge is 2.38. The van der Waals surface area contributed by atoms with E-state index in [0.29, 0.717) is 21.0 Å². The van der Waals surface area contributed by atoms with Crippen LogP contribution in [0, 0.1) is 0 Å². The van der Waals surface area contributed by atoms with Gasteiger partial charge in [-0.2, -0.15) is 0 Å². The Kier molecular flexibility index (Phi) is 3.35. The van der Waals surface area contributed by atoms with Gasteiger partial charge in [0.2, 0.25) is 0 Å². The Balaban J connectivity index is 1.73. The van der Waals surface area contributed by atoms with Crippen molar-refractivity contribution < 1.29 is 10.0 Å². The van der Waals surface area contributed by atoms with Crippen LogP contribution in [0.5, 0.6) is 0 Å². The molecule has 1 heterocycles. The van der Waals surface area contributed by atoms with Crippen molar-refractivity contribution in [2.45, 2.75) is 6.42 Å². The highest BCUT2D eigenvalue weighted by atomic mass is 35.5. The van der Waals surface area contributed by atoms with E-state index in [2.05, 4.69) is 12.1 Å². The van der Waals surface area contributed by atoms with E-state index in [4.69, 9.17) is 23.2 Å². The SMILES string of the molecule is OB1c2cc(Cl)c(Cl)cc2B(O)c2cc3c(cc21)Cc1ccccc1-3. The monoisotopic (exact) mass is 364 g/mol. The van der Waals surface area contributed by atoms with Gasteiger partial charge in [-0.05, 0) is 62.7 Å². The van der Waals surface area contributed by atoms with E-state index < -0.39 is 13.8 Å². The number of rotatable bonds is 0. The summed E-state index contributed by atoms with van der Waals surface area (Å²) in [5.74, 6) is 0. The van der Waals surface area contributed by atoms with E-state index in [1.165, 1.54) is 16.7 Å². The minimum absolute atomic E-state index is 0.377. The smallest absolute Gasteiger partial charge is 0.358 e. The molecular weight excluding hydrogens is 353 g/mol. The predicted octanol–water partition coefficient (Wildman–Crippen LogP) is 1.07. The van der Waals surface area contributed by atoms with E-state index in [-0.39, 0.29) is 0 Å². The molecule has 0 saturated carbocycles. The lowest BCUT2D eigenvalue weighted by molar-refractivity contribution is 0.591. The fraction of sp³-hybridized carbons (Fsp3) is 0.0526. The summed E-state index contributed by atoms with van der Waals surface area (Å²) in [4.78, 5) is 0. The van der Waals surface area contributed by atoms with Crippen molar-refractivity contribution in [2.75, 3.05) is 0 Å². The zero-order chi connectivity index (χ0) is 17.3. The van der Waals surface area contributed by atoms with Gasteiger partial charge in [0.25, 0.3) is 0 Å². The van der Waals surface area contributed by atoms with Gasteiger partial charge in [-0.1, -0.05) is 59.6 Å². The third-order valence-electron chi connectivity index (χ3n) is 5.30. The lowest BCUT2D eigenvalue weighted by Crippen LogP contribution is -2.69. The van der Waals surface area contributed by atoms with Crippen molar-refractivity contribution >= 4 is 58.9 Å². The van der Waals surface area contributed by atoms with E-state index >= 15 is 0 Å². The van der Waals surface area contributed by atoms with Crippen LogP contribution in [0.15, 0.2) is 48.5 Å². The number of benzene rings is 3. The molecule has 0 radical (unpaired) electrons. The van der Waals surface area contributed by atoms with Gasteiger partial charge in [-0.3, -0.25) is 0 Å². The zero-order valence-electron chi connectivity index (χ0n) is 13.1. The second-order valence-electron chi connectivity index (χ2n) is 6.67. The van der Waals surface area contributed by atoms with Gasteiger partial charge in [0.05, 0.1) is 10.0 Å². The summed E-state index contributed by atoms with van der Waals surface area (Å²) in [5, 5.41) is 22.5. The molecule has 1 aliphatic heterocycles. The Morgan fingerprint density at radius 2 is 1.24 bits per heavy atom. The van der Waals surface area contributed by atoms with Crippen LogP contribution in [-0.2, 0) is 6.42 Å². The molecule has 3 aromatic carbocycles. The Morgan fingerprint density at radius 3 is 1.92 bits per heavy atom. The van der Waals surface area contributed by atoms with Crippen molar-refractivity contribution in [3.63, 3.8) is 0 Å². The second kappa shape index (κ2) is 5.39. The maximum Gasteiger partial charge on any atom is 0.358 e. The second-order valence-corrected chi connectivity index (χ2v) is 7.49. The molecule has 0 aromatic heterocycles. The summed E-state index contributed by atoms with van der Waals surface area (Å²) in [6.45, 7) is -1.65. The van der Waals surface area contributed by atoms with Crippen LogP contribution in [0.1, 0.15) is 11.1 Å². The van der Waals surface area contributed by atoms with Crippen LogP contribution < -0.4 is 21.9 Å². The first kappa shape index (κ1) is 15.5. The minimum atomic E-state index is -0.832. The summed E-state index contributed by atoms with van der Waals surface area (Å²) in [6.07, 6.45) is 0.843. The van der Waals surface area contributed by atoms with Crippen molar-refractivity contribution in [1.29, 1.82) is 0 Å². The Bertz CT molecular complexity index is 1050. The highest BCUT2D eigenvalue weighted by Crippen LogP contribution is 2.35. The van der Waals surface area contributed by atoms with Gasteiger partial charge in [0.1, 0.15) is 0 Å².